The second-order valence-electron chi connectivity index (χ2n) is 8.05. The number of ether oxygens (including phenoxy) is 2. The molecule has 0 spiro atoms. The van der Waals surface area contributed by atoms with E-state index in [-0.39, 0.29) is 40.2 Å². The van der Waals surface area contributed by atoms with Crippen LogP contribution in [0.2, 0.25) is 0 Å². The number of alkyl halides is 3. The number of aliphatic imine (C=N–C) groups is 1. The van der Waals surface area contributed by atoms with Gasteiger partial charge in [-0.1, -0.05) is 23.7 Å². The highest BCUT2D eigenvalue weighted by Crippen LogP contribution is 2.51. The molecule has 0 amide bonds. The Morgan fingerprint density at radius 1 is 1.39 bits per heavy atom. The highest BCUT2D eigenvalue weighted by molar-refractivity contribution is 8.13. The van der Waals surface area contributed by atoms with Crippen molar-refractivity contribution in [3.8, 4) is 18.2 Å². The van der Waals surface area contributed by atoms with E-state index < -0.39 is 48.0 Å². The van der Waals surface area contributed by atoms with Crippen molar-refractivity contribution in [1.29, 1.82) is 0 Å². The lowest BCUT2D eigenvalue weighted by Crippen LogP contribution is -2.46. The number of benzene rings is 1. The van der Waals surface area contributed by atoms with Gasteiger partial charge >= 0.3 is 6.18 Å². The Morgan fingerprint density at radius 3 is 2.71 bits per heavy atom. The predicted octanol–water partition coefficient (Wildman–Crippen LogP) is 4.02. The Balaban J connectivity index is 0.000000934. The van der Waals surface area contributed by atoms with Gasteiger partial charge in [-0.3, -0.25) is 4.79 Å². The molecule has 4 rings (SSSR count). The van der Waals surface area contributed by atoms with Gasteiger partial charge in [-0.15, -0.1) is 6.42 Å². The molecule has 202 valence electrons. The van der Waals surface area contributed by atoms with Crippen molar-refractivity contribution in [2.24, 2.45) is 16.6 Å². The summed E-state index contributed by atoms with van der Waals surface area (Å²) in [5.41, 5.74) is 4.01. The second kappa shape index (κ2) is 11.8. The molecule has 2 aromatic rings. The summed E-state index contributed by atoms with van der Waals surface area (Å²) in [5.74, 6) is -1.34. The number of nitrogens with two attached hydrogens (primary N) is 1. The van der Waals surface area contributed by atoms with E-state index in [1.54, 1.807) is 0 Å². The molecule has 0 saturated carbocycles. The molecular weight excluding hydrogens is 535 g/mol. The maximum absolute atomic E-state index is 14.9. The lowest BCUT2D eigenvalue weighted by Gasteiger charge is -2.36. The summed E-state index contributed by atoms with van der Waals surface area (Å²) in [5, 5.41) is 7.44. The first-order valence-corrected chi connectivity index (χ1v) is 11.8. The van der Waals surface area contributed by atoms with E-state index in [2.05, 4.69) is 20.9 Å². The Kier molecular flexibility index (Phi) is 8.95. The number of aromatic nitrogens is 2. The van der Waals surface area contributed by atoms with Crippen molar-refractivity contribution in [1.82, 2.24) is 9.97 Å². The van der Waals surface area contributed by atoms with E-state index in [9.17, 15) is 22.0 Å². The highest BCUT2D eigenvalue weighted by Gasteiger charge is 2.61. The van der Waals surface area contributed by atoms with Crippen molar-refractivity contribution >= 4 is 34.8 Å². The molecule has 3 heterocycles. The van der Waals surface area contributed by atoms with Crippen LogP contribution in [-0.4, -0.2) is 57.5 Å². The van der Waals surface area contributed by atoms with E-state index >= 15 is 0 Å². The first-order valence-electron chi connectivity index (χ1n) is 10.8. The lowest BCUT2D eigenvalue weighted by atomic mass is 9.78. The molecule has 1 aromatic carbocycles. The Bertz CT molecular complexity index is 1280. The number of thioether (sulfide) groups is 1. The predicted molar refractivity (Wildman–Crippen MR) is 130 cm³/mol. The van der Waals surface area contributed by atoms with Crippen molar-refractivity contribution in [3.05, 3.63) is 53.2 Å². The van der Waals surface area contributed by atoms with Crippen molar-refractivity contribution in [2.45, 2.75) is 24.7 Å². The minimum absolute atomic E-state index is 0.0246. The van der Waals surface area contributed by atoms with Crippen LogP contribution in [0.15, 0.2) is 35.6 Å². The molecule has 38 heavy (non-hydrogen) atoms. The van der Waals surface area contributed by atoms with Gasteiger partial charge in [-0.05, 0) is 23.8 Å². The molecule has 0 unspecified atom stereocenters. The van der Waals surface area contributed by atoms with Crippen LogP contribution in [0.25, 0.3) is 11.9 Å². The maximum atomic E-state index is 14.9. The largest absolute Gasteiger partial charge is 0.481 e. The molecule has 1 saturated heterocycles. The monoisotopic (exact) mass is 556 g/mol. The van der Waals surface area contributed by atoms with Gasteiger partial charge in [0.1, 0.15) is 17.1 Å². The molecule has 2 aliphatic rings. The average Bonchev–Trinajstić information content (AvgIpc) is 3.24. The fourth-order valence-electron chi connectivity index (χ4n) is 3.91. The van der Waals surface area contributed by atoms with E-state index in [4.69, 9.17) is 31.5 Å². The van der Waals surface area contributed by atoms with Gasteiger partial charge < -0.3 is 20.3 Å². The third kappa shape index (κ3) is 6.59. The molecule has 0 aliphatic carbocycles. The summed E-state index contributed by atoms with van der Waals surface area (Å²) in [6.45, 7) is 0.540. The molecule has 1 fully saturated rings. The summed E-state index contributed by atoms with van der Waals surface area (Å²) >= 11 is 0.949. The van der Waals surface area contributed by atoms with E-state index in [0.717, 1.165) is 37.0 Å². The van der Waals surface area contributed by atoms with Crippen molar-refractivity contribution < 1.29 is 41.3 Å². The van der Waals surface area contributed by atoms with Crippen LogP contribution in [0.4, 0.5) is 22.0 Å². The summed E-state index contributed by atoms with van der Waals surface area (Å²) < 4.78 is 80.5. The standard InChI is InChI=1S/C22H17F5N4O2S.C2H4O2/c1-2-5-32-18-9-29-17(8-30-18)16(24)7-12-3-4-15(23)13(6-12)21-11-33-19(22(25,26)27)14(21)10-34-20(28)31-21;1-2(3)4/h1,3-4,6-9,14,19H,5,10-11H2,(H2,28,31);1H3,(H,3,4)/b16-7-;/t14-,19+,21-;/m1./s1. The number of rotatable bonds is 5. The third-order valence-electron chi connectivity index (χ3n) is 5.43. The fraction of sp³-hybridized carbons (Fsp3) is 0.333. The van der Waals surface area contributed by atoms with E-state index in [1.165, 1.54) is 18.3 Å². The van der Waals surface area contributed by atoms with E-state index in [1.807, 2.05) is 0 Å². The fourth-order valence-corrected chi connectivity index (χ4v) is 4.94. The smallest absolute Gasteiger partial charge is 0.415 e. The van der Waals surface area contributed by atoms with Gasteiger partial charge in [0, 0.05) is 24.2 Å². The van der Waals surface area contributed by atoms with Gasteiger partial charge in [0.05, 0.1) is 19.0 Å². The molecule has 3 N–H and O–H groups in total. The summed E-state index contributed by atoms with van der Waals surface area (Å²) in [4.78, 5) is 21.0. The maximum Gasteiger partial charge on any atom is 0.415 e. The van der Waals surface area contributed by atoms with Crippen LogP contribution in [0.1, 0.15) is 23.7 Å². The van der Waals surface area contributed by atoms with Crippen molar-refractivity contribution in [3.63, 3.8) is 0 Å². The molecular formula is C24H21F5N4O4S. The molecule has 3 atom stereocenters. The molecule has 0 radical (unpaired) electrons. The van der Waals surface area contributed by atoms with Gasteiger partial charge in [-0.25, -0.2) is 23.7 Å². The third-order valence-corrected chi connectivity index (χ3v) is 6.34. The first-order chi connectivity index (χ1) is 17.9. The number of aliphatic carboxylic acids is 1. The number of carboxylic acid groups (broad SMARTS) is 1. The van der Waals surface area contributed by atoms with Crippen LogP contribution in [0.3, 0.4) is 0 Å². The van der Waals surface area contributed by atoms with Crippen LogP contribution >= 0.6 is 11.8 Å². The van der Waals surface area contributed by atoms with E-state index in [0.29, 0.717) is 0 Å². The van der Waals surface area contributed by atoms with Gasteiger partial charge in [0.2, 0.25) is 5.88 Å². The minimum atomic E-state index is -4.66. The number of hydrogen-bond donors (Lipinski definition) is 2. The molecule has 14 heteroatoms. The van der Waals surface area contributed by atoms with Crippen molar-refractivity contribution in [2.75, 3.05) is 19.0 Å². The summed E-state index contributed by atoms with van der Waals surface area (Å²) in [7, 11) is 0. The SMILES string of the molecule is C#CCOc1cnc(/C(F)=C/c2ccc(F)c([C@]34CO[C@H](C(F)(F)F)[C@H]3CSC(N)=N4)c2)cn1.CC(=O)O. The number of hydrogen-bond acceptors (Lipinski definition) is 8. The number of terminal acetylenes is 1. The van der Waals surface area contributed by atoms with Gasteiger partial charge in [-0.2, -0.15) is 13.2 Å². The van der Waals surface area contributed by atoms with Crippen LogP contribution < -0.4 is 10.5 Å². The van der Waals surface area contributed by atoms with Crippen LogP contribution in [-0.2, 0) is 15.1 Å². The van der Waals surface area contributed by atoms with Crippen LogP contribution in [0, 0.1) is 24.1 Å². The number of halogens is 5. The number of carbonyl (C=O) groups is 1. The zero-order valence-electron chi connectivity index (χ0n) is 19.7. The summed E-state index contributed by atoms with van der Waals surface area (Å²) in [6.07, 6.45) is 1.66. The molecule has 2 aliphatic heterocycles. The number of fused-ring (bicyclic) bond motifs is 1. The summed E-state index contributed by atoms with van der Waals surface area (Å²) in [6, 6.07) is 3.56. The number of amidine groups is 1. The molecule has 0 bridgehead atoms. The van der Waals surface area contributed by atoms with Crippen LogP contribution in [0.5, 0.6) is 5.88 Å². The molecule has 8 nitrogen and oxygen atoms in total. The quantitative estimate of drug-likeness (QED) is 0.419. The Morgan fingerprint density at radius 2 is 2.11 bits per heavy atom. The van der Waals surface area contributed by atoms with Gasteiger partial charge in [0.25, 0.3) is 5.97 Å². The topological polar surface area (TPSA) is 120 Å². The minimum Gasteiger partial charge on any atom is -0.481 e. The Hall–Kier alpha value is -3.70. The van der Waals surface area contributed by atoms with Gasteiger partial charge in [0.15, 0.2) is 23.7 Å². The number of nitrogens with zero attached hydrogens (tertiary/aromatic N) is 3. The number of carboxylic acids is 1. The normalized spacial score (nSPS) is 22.9. The first kappa shape index (κ1) is 28.9. The average molecular weight is 557 g/mol. The Labute approximate surface area is 218 Å². The zero-order valence-corrected chi connectivity index (χ0v) is 20.5. The second-order valence-corrected chi connectivity index (χ2v) is 9.09. The highest BCUT2D eigenvalue weighted by atomic mass is 32.2. The lowest BCUT2D eigenvalue weighted by molar-refractivity contribution is -0.215. The zero-order chi connectivity index (χ0) is 28.1. The molecule has 1 aromatic heterocycles.